The molecule has 25 heavy (non-hydrogen) atoms. The van der Waals surface area contributed by atoms with Gasteiger partial charge >= 0.3 is 5.97 Å². The van der Waals surface area contributed by atoms with E-state index in [4.69, 9.17) is 4.42 Å². The molecule has 0 amide bonds. The fourth-order valence-corrected chi connectivity index (χ4v) is 4.05. The molecule has 0 aromatic carbocycles. The van der Waals surface area contributed by atoms with Crippen LogP contribution in [-0.2, 0) is 11.2 Å². The summed E-state index contributed by atoms with van der Waals surface area (Å²) in [6.07, 6.45) is 4.28. The standard InChI is InChI=1S/C19H19N3O3/c1-3-13-15-5-6-16(22-15)14(18(13)11(9-20)10-21)8-12-4-7-17(25-12)19(23)24-2/h3-4,7,13-16,22H,1,5-6,8H2,2H3/t13-,14+,15-,16?/m0/s1. The Balaban J connectivity index is 1.97. The van der Waals surface area contributed by atoms with Crippen LogP contribution in [0, 0.1) is 34.5 Å². The molecule has 2 bridgehead atoms. The lowest BCUT2D eigenvalue weighted by atomic mass is 9.75. The zero-order chi connectivity index (χ0) is 18.0. The Morgan fingerprint density at radius 3 is 2.76 bits per heavy atom. The zero-order valence-corrected chi connectivity index (χ0v) is 14.0. The molecule has 2 saturated heterocycles. The summed E-state index contributed by atoms with van der Waals surface area (Å²) in [5.41, 5.74) is 0.996. The number of rotatable bonds is 4. The molecule has 1 N–H and O–H groups in total. The molecule has 2 aliphatic heterocycles. The van der Waals surface area contributed by atoms with Gasteiger partial charge in [-0.05, 0) is 30.5 Å². The predicted molar refractivity (Wildman–Crippen MR) is 89.1 cm³/mol. The van der Waals surface area contributed by atoms with Gasteiger partial charge in [-0.25, -0.2) is 4.79 Å². The van der Waals surface area contributed by atoms with Gasteiger partial charge in [-0.1, -0.05) is 6.08 Å². The zero-order valence-electron chi connectivity index (χ0n) is 14.0. The number of fused-ring (bicyclic) bond motifs is 2. The van der Waals surface area contributed by atoms with Crippen molar-refractivity contribution in [2.75, 3.05) is 7.11 Å². The van der Waals surface area contributed by atoms with Crippen LogP contribution in [0.3, 0.4) is 0 Å². The van der Waals surface area contributed by atoms with Gasteiger partial charge in [-0.2, -0.15) is 10.5 Å². The number of ether oxygens (including phenoxy) is 1. The molecule has 6 heteroatoms. The van der Waals surface area contributed by atoms with Gasteiger partial charge in [-0.15, -0.1) is 6.58 Å². The number of nitriles is 2. The molecule has 2 fully saturated rings. The van der Waals surface area contributed by atoms with Crippen molar-refractivity contribution in [3.05, 3.63) is 47.5 Å². The highest BCUT2D eigenvalue weighted by Crippen LogP contribution is 2.43. The Kier molecular flexibility index (Phi) is 4.74. The minimum atomic E-state index is -0.525. The second-order valence-electron chi connectivity index (χ2n) is 6.34. The average Bonchev–Trinajstić information content (AvgIpc) is 3.26. The second kappa shape index (κ2) is 6.96. The van der Waals surface area contributed by atoms with Crippen LogP contribution in [0.5, 0.6) is 0 Å². The summed E-state index contributed by atoms with van der Waals surface area (Å²) in [6, 6.07) is 7.80. The number of esters is 1. The van der Waals surface area contributed by atoms with Gasteiger partial charge < -0.3 is 14.5 Å². The second-order valence-corrected chi connectivity index (χ2v) is 6.34. The highest BCUT2D eigenvalue weighted by atomic mass is 16.5. The monoisotopic (exact) mass is 337 g/mol. The Morgan fingerprint density at radius 1 is 1.40 bits per heavy atom. The lowest BCUT2D eigenvalue weighted by Crippen LogP contribution is -2.47. The maximum absolute atomic E-state index is 11.6. The number of methoxy groups -OCH3 is 1. The highest BCUT2D eigenvalue weighted by Gasteiger charge is 2.45. The van der Waals surface area contributed by atoms with Crippen LogP contribution in [0.25, 0.3) is 0 Å². The quantitative estimate of drug-likeness (QED) is 0.515. The molecule has 3 heterocycles. The fraction of sp³-hybridized carbons (Fsp3) is 0.421. The first-order chi connectivity index (χ1) is 12.1. The van der Waals surface area contributed by atoms with E-state index in [2.05, 4.69) is 16.6 Å². The number of allylic oxidation sites excluding steroid dienone is 1. The molecule has 1 aromatic heterocycles. The molecule has 1 unspecified atom stereocenters. The molecule has 6 nitrogen and oxygen atoms in total. The summed E-state index contributed by atoms with van der Waals surface area (Å²) in [5.74, 6) is 0.162. The normalized spacial score (nSPS) is 27.2. The van der Waals surface area contributed by atoms with E-state index < -0.39 is 5.97 Å². The molecule has 3 rings (SSSR count). The third kappa shape index (κ3) is 2.97. The topological polar surface area (TPSA) is 99.1 Å². The molecule has 0 radical (unpaired) electrons. The number of piperidine rings is 1. The van der Waals surface area contributed by atoms with E-state index >= 15 is 0 Å². The number of nitrogens with zero attached hydrogens (tertiary/aromatic N) is 2. The Bertz CT molecular complexity index is 793. The Labute approximate surface area is 146 Å². The van der Waals surface area contributed by atoms with Gasteiger partial charge in [0.15, 0.2) is 0 Å². The van der Waals surface area contributed by atoms with Crippen LogP contribution >= 0.6 is 0 Å². The number of nitrogens with one attached hydrogen (secondary N) is 1. The molecular formula is C19H19N3O3. The smallest absolute Gasteiger partial charge is 0.373 e. The molecule has 1 aromatic rings. The summed E-state index contributed by atoms with van der Waals surface area (Å²) in [5, 5.41) is 22.4. The first kappa shape index (κ1) is 17.0. The Morgan fingerprint density at radius 2 is 2.12 bits per heavy atom. The first-order valence-corrected chi connectivity index (χ1v) is 8.22. The number of carbonyl (C=O) groups excluding carboxylic acids is 1. The van der Waals surface area contributed by atoms with Gasteiger partial charge in [0.2, 0.25) is 5.76 Å². The van der Waals surface area contributed by atoms with Crippen LogP contribution in [0.4, 0.5) is 0 Å². The SMILES string of the molecule is C=C[C@@H]1C(=C(C#N)C#N)[C@H](Cc2ccc(C(=O)OC)o2)C2CC[C@@H]1N2. The molecule has 0 spiro atoms. The van der Waals surface area contributed by atoms with Crippen molar-refractivity contribution < 1.29 is 13.9 Å². The third-order valence-electron chi connectivity index (χ3n) is 5.13. The van der Waals surface area contributed by atoms with Crippen molar-refractivity contribution in [3.63, 3.8) is 0 Å². The lowest BCUT2D eigenvalue weighted by molar-refractivity contribution is 0.0562. The molecular weight excluding hydrogens is 318 g/mol. The third-order valence-corrected chi connectivity index (χ3v) is 5.13. The summed E-state index contributed by atoms with van der Waals surface area (Å²) in [6.45, 7) is 3.90. The number of hydrogen-bond acceptors (Lipinski definition) is 6. The van der Waals surface area contributed by atoms with Gasteiger partial charge in [0, 0.05) is 30.3 Å². The summed E-state index contributed by atoms with van der Waals surface area (Å²) in [4.78, 5) is 11.6. The van der Waals surface area contributed by atoms with Crippen LogP contribution < -0.4 is 5.32 Å². The largest absolute Gasteiger partial charge is 0.463 e. The van der Waals surface area contributed by atoms with Crippen LogP contribution in [0.1, 0.15) is 29.2 Å². The van der Waals surface area contributed by atoms with Gasteiger partial charge in [0.1, 0.15) is 23.5 Å². The molecule has 4 atom stereocenters. The van der Waals surface area contributed by atoms with Gasteiger partial charge in [0.05, 0.1) is 7.11 Å². The average molecular weight is 337 g/mol. The lowest BCUT2D eigenvalue weighted by Gasteiger charge is -2.37. The van der Waals surface area contributed by atoms with Crippen LogP contribution in [-0.4, -0.2) is 25.2 Å². The highest BCUT2D eigenvalue weighted by molar-refractivity contribution is 5.86. The van der Waals surface area contributed by atoms with Crippen LogP contribution in [0.15, 0.2) is 40.4 Å². The van der Waals surface area contributed by atoms with E-state index in [-0.39, 0.29) is 35.3 Å². The Hall–Kier alpha value is -2.83. The van der Waals surface area contributed by atoms with E-state index in [0.29, 0.717) is 12.2 Å². The van der Waals surface area contributed by atoms with Crippen molar-refractivity contribution in [3.8, 4) is 12.1 Å². The minimum absolute atomic E-state index is 0.0481. The molecule has 128 valence electrons. The maximum atomic E-state index is 11.6. The van der Waals surface area contributed by atoms with E-state index in [9.17, 15) is 15.3 Å². The van der Waals surface area contributed by atoms with E-state index in [1.807, 2.05) is 18.2 Å². The van der Waals surface area contributed by atoms with Crippen molar-refractivity contribution in [1.29, 1.82) is 10.5 Å². The molecule has 2 aliphatic rings. The predicted octanol–water partition coefficient (Wildman–Crippen LogP) is 2.51. The fourth-order valence-electron chi connectivity index (χ4n) is 4.05. The van der Waals surface area contributed by atoms with Gasteiger partial charge in [0.25, 0.3) is 0 Å². The van der Waals surface area contributed by atoms with Crippen molar-refractivity contribution in [1.82, 2.24) is 5.32 Å². The molecule has 0 aliphatic carbocycles. The van der Waals surface area contributed by atoms with Crippen molar-refractivity contribution in [2.24, 2.45) is 11.8 Å². The van der Waals surface area contributed by atoms with Crippen LogP contribution in [0.2, 0.25) is 0 Å². The summed E-state index contributed by atoms with van der Waals surface area (Å²) >= 11 is 0. The van der Waals surface area contributed by atoms with E-state index in [1.165, 1.54) is 7.11 Å². The molecule has 0 saturated carbocycles. The first-order valence-electron chi connectivity index (χ1n) is 8.22. The maximum Gasteiger partial charge on any atom is 0.373 e. The van der Waals surface area contributed by atoms with E-state index in [0.717, 1.165) is 18.4 Å². The number of furan rings is 1. The van der Waals surface area contributed by atoms with Crippen molar-refractivity contribution in [2.45, 2.75) is 31.3 Å². The van der Waals surface area contributed by atoms with Crippen molar-refractivity contribution >= 4 is 5.97 Å². The number of carbonyl (C=O) groups is 1. The van der Waals surface area contributed by atoms with Gasteiger partial charge in [-0.3, -0.25) is 0 Å². The summed E-state index contributed by atoms with van der Waals surface area (Å²) < 4.78 is 10.3. The van der Waals surface area contributed by atoms with E-state index in [1.54, 1.807) is 12.1 Å². The minimum Gasteiger partial charge on any atom is -0.463 e. The summed E-state index contributed by atoms with van der Waals surface area (Å²) in [7, 11) is 1.30. The number of hydrogen-bond donors (Lipinski definition) is 1.